The Morgan fingerprint density at radius 1 is 1.38 bits per heavy atom. The minimum atomic E-state index is -0.669. The zero-order valence-corrected chi connectivity index (χ0v) is 17.0. The summed E-state index contributed by atoms with van der Waals surface area (Å²) in [4.78, 5) is 26.4. The monoisotopic (exact) mass is 400 g/mol. The lowest BCUT2D eigenvalue weighted by molar-refractivity contribution is 0.0176. The van der Waals surface area contributed by atoms with E-state index in [1.807, 2.05) is 0 Å². The molecule has 0 radical (unpaired) electrons. The fraction of sp³-hybridized carbons (Fsp3) is 0.381. The van der Waals surface area contributed by atoms with Crippen molar-refractivity contribution in [3.05, 3.63) is 53.5 Å². The van der Waals surface area contributed by atoms with Gasteiger partial charge in [0.15, 0.2) is 0 Å². The second-order valence-electron chi connectivity index (χ2n) is 8.11. The largest absolute Gasteiger partial charge is 0.444 e. The van der Waals surface area contributed by atoms with E-state index < -0.39 is 17.6 Å². The fourth-order valence-corrected chi connectivity index (χ4v) is 3.34. The zero-order chi connectivity index (χ0) is 21.5. The molecule has 1 aliphatic rings. The van der Waals surface area contributed by atoms with Gasteiger partial charge in [-0.05, 0) is 51.5 Å². The van der Waals surface area contributed by atoms with E-state index in [1.165, 1.54) is 11.0 Å². The number of hydrogen-bond donors (Lipinski definition) is 1. The van der Waals surface area contributed by atoms with Crippen LogP contribution in [0.1, 0.15) is 48.4 Å². The lowest BCUT2D eigenvalue weighted by Gasteiger charge is -2.34. The number of nitrogens with two attached hydrogens (primary N) is 1. The topological polar surface area (TPSA) is 90.4 Å². The first kappa shape index (κ1) is 20.6. The number of aryl methyl sites for hydroxylation is 1. The first-order valence-corrected chi connectivity index (χ1v) is 9.30. The minimum absolute atomic E-state index is 0.116. The van der Waals surface area contributed by atoms with E-state index in [0.29, 0.717) is 29.1 Å². The van der Waals surface area contributed by atoms with E-state index in [2.05, 4.69) is 11.7 Å². The SMILES string of the molecule is C=CC1CN(C(=O)OC(C)(C)C)Cc2c(C(N)=O)c(-c3ccc(F)c(C)c3)nn21. The molecule has 0 saturated heterocycles. The van der Waals surface area contributed by atoms with Crippen molar-refractivity contribution in [1.29, 1.82) is 0 Å². The van der Waals surface area contributed by atoms with Crippen molar-refractivity contribution in [2.75, 3.05) is 6.54 Å². The first-order valence-electron chi connectivity index (χ1n) is 9.30. The molecule has 2 aromatic rings. The lowest BCUT2D eigenvalue weighted by atomic mass is 10.0. The molecule has 0 aliphatic carbocycles. The Morgan fingerprint density at radius 2 is 2.07 bits per heavy atom. The summed E-state index contributed by atoms with van der Waals surface area (Å²) in [6.45, 7) is 11.2. The predicted molar refractivity (Wildman–Crippen MR) is 107 cm³/mol. The van der Waals surface area contributed by atoms with E-state index in [9.17, 15) is 14.0 Å². The Morgan fingerprint density at radius 3 is 2.62 bits per heavy atom. The van der Waals surface area contributed by atoms with Gasteiger partial charge in [0.1, 0.15) is 17.1 Å². The summed E-state index contributed by atoms with van der Waals surface area (Å²) in [6, 6.07) is 4.13. The van der Waals surface area contributed by atoms with Gasteiger partial charge in [-0.25, -0.2) is 9.18 Å². The molecular weight excluding hydrogens is 375 g/mol. The number of hydrogen-bond acceptors (Lipinski definition) is 4. The Bertz CT molecular complexity index is 991. The molecule has 2 N–H and O–H groups in total. The molecular formula is C21H25FN4O3. The Kier molecular flexibility index (Phi) is 5.21. The van der Waals surface area contributed by atoms with E-state index in [-0.39, 0.29) is 24.0 Å². The average molecular weight is 400 g/mol. The lowest BCUT2D eigenvalue weighted by Crippen LogP contribution is -2.43. The van der Waals surface area contributed by atoms with Crippen molar-refractivity contribution in [3.8, 4) is 11.3 Å². The summed E-state index contributed by atoms with van der Waals surface area (Å²) < 4.78 is 20.8. The van der Waals surface area contributed by atoms with Gasteiger partial charge in [-0.2, -0.15) is 5.10 Å². The van der Waals surface area contributed by atoms with Crippen molar-refractivity contribution in [3.63, 3.8) is 0 Å². The Balaban J connectivity index is 2.10. The van der Waals surface area contributed by atoms with Gasteiger partial charge in [0, 0.05) is 5.56 Å². The smallest absolute Gasteiger partial charge is 0.410 e. The number of rotatable bonds is 3. The van der Waals surface area contributed by atoms with Crippen LogP contribution >= 0.6 is 0 Å². The van der Waals surface area contributed by atoms with Crippen LogP contribution in [0, 0.1) is 12.7 Å². The zero-order valence-electron chi connectivity index (χ0n) is 17.0. The molecule has 0 fully saturated rings. The van der Waals surface area contributed by atoms with Gasteiger partial charge < -0.3 is 10.5 Å². The van der Waals surface area contributed by atoms with Crippen LogP contribution in [0.5, 0.6) is 0 Å². The van der Waals surface area contributed by atoms with Gasteiger partial charge >= 0.3 is 6.09 Å². The standard InChI is InChI=1S/C21H25FN4O3/c1-6-14-10-25(20(28)29-21(3,4)5)11-16-17(19(23)27)18(24-26(14)16)13-7-8-15(22)12(2)9-13/h6-9,14H,1,10-11H2,2-5H3,(H2,23,27). The summed E-state index contributed by atoms with van der Waals surface area (Å²) in [6.07, 6.45) is 1.16. The molecule has 1 aromatic carbocycles. The maximum Gasteiger partial charge on any atom is 0.410 e. The van der Waals surface area contributed by atoms with Crippen molar-refractivity contribution in [2.45, 2.75) is 45.9 Å². The molecule has 29 heavy (non-hydrogen) atoms. The number of carbonyl (C=O) groups is 2. The molecule has 8 heteroatoms. The Labute approximate surface area is 168 Å². The third kappa shape index (κ3) is 4.01. The van der Waals surface area contributed by atoms with Crippen molar-refractivity contribution >= 4 is 12.0 Å². The van der Waals surface area contributed by atoms with Gasteiger partial charge in [0.05, 0.1) is 30.4 Å². The maximum atomic E-state index is 13.7. The predicted octanol–water partition coefficient (Wildman–Crippen LogP) is 3.57. The van der Waals surface area contributed by atoms with Crippen LogP contribution in [0.4, 0.5) is 9.18 Å². The third-order valence-corrected chi connectivity index (χ3v) is 4.67. The molecule has 0 bridgehead atoms. The van der Waals surface area contributed by atoms with Crippen LogP contribution in [0.25, 0.3) is 11.3 Å². The highest BCUT2D eigenvalue weighted by molar-refractivity contribution is 6.00. The normalized spacial score (nSPS) is 16.3. The minimum Gasteiger partial charge on any atom is -0.444 e. The fourth-order valence-electron chi connectivity index (χ4n) is 3.34. The average Bonchev–Trinajstić information content (AvgIpc) is 3.01. The van der Waals surface area contributed by atoms with Gasteiger partial charge in [-0.15, -0.1) is 6.58 Å². The molecule has 3 rings (SSSR count). The number of carbonyl (C=O) groups excluding carboxylic acids is 2. The molecule has 0 saturated carbocycles. The molecule has 2 heterocycles. The van der Waals surface area contributed by atoms with Gasteiger partial charge in [0.2, 0.25) is 0 Å². The van der Waals surface area contributed by atoms with E-state index in [0.717, 1.165) is 0 Å². The molecule has 1 atom stereocenters. The number of ether oxygens (including phenoxy) is 1. The van der Waals surface area contributed by atoms with Crippen LogP contribution in [-0.2, 0) is 11.3 Å². The van der Waals surface area contributed by atoms with Gasteiger partial charge in [0.25, 0.3) is 5.91 Å². The first-order chi connectivity index (χ1) is 13.5. The van der Waals surface area contributed by atoms with Crippen molar-refractivity contribution in [1.82, 2.24) is 14.7 Å². The number of halogens is 1. The summed E-state index contributed by atoms with van der Waals surface area (Å²) in [7, 11) is 0. The molecule has 2 amide bonds. The summed E-state index contributed by atoms with van der Waals surface area (Å²) in [5.41, 5.74) is 7.08. The molecule has 154 valence electrons. The van der Waals surface area contributed by atoms with Crippen LogP contribution in [0.2, 0.25) is 0 Å². The number of amides is 2. The van der Waals surface area contributed by atoms with E-state index in [4.69, 9.17) is 10.5 Å². The maximum absolute atomic E-state index is 13.7. The summed E-state index contributed by atoms with van der Waals surface area (Å²) in [5.74, 6) is -1.02. The Hall–Kier alpha value is -3.16. The number of benzene rings is 1. The molecule has 7 nitrogen and oxygen atoms in total. The summed E-state index contributed by atoms with van der Waals surface area (Å²) >= 11 is 0. The van der Waals surface area contributed by atoms with Crippen LogP contribution in [-0.4, -0.2) is 38.8 Å². The van der Waals surface area contributed by atoms with Gasteiger partial charge in [-0.1, -0.05) is 6.08 Å². The number of fused-ring (bicyclic) bond motifs is 1. The second-order valence-corrected chi connectivity index (χ2v) is 8.11. The van der Waals surface area contributed by atoms with Crippen molar-refractivity contribution in [2.24, 2.45) is 5.73 Å². The van der Waals surface area contributed by atoms with Crippen LogP contribution < -0.4 is 5.73 Å². The second kappa shape index (κ2) is 7.35. The molecule has 1 aromatic heterocycles. The number of aromatic nitrogens is 2. The molecule has 1 aliphatic heterocycles. The van der Waals surface area contributed by atoms with Crippen LogP contribution in [0.3, 0.4) is 0 Å². The van der Waals surface area contributed by atoms with E-state index in [1.54, 1.807) is 50.6 Å². The third-order valence-electron chi connectivity index (χ3n) is 4.67. The highest BCUT2D eigenvalue weighted by Gasteiger charge is 2.35. The quantitative estimate of drug-likeness (QED) is 0.798. The van der Waals surface area contributed by atoms with Crippen molar-refractivity contribution < 1.29 is 18.7 Å². The molecule has 1 unspecified atom stereocenters. The number of nitrogens with zero attached hydrogens (tertiary/aromatic N) is 3. The van der Waals surface area contributed by atoms with Gasteiger partial charge in [-0.3, -0.25) is 14.4 Å². The highest BCUT2D eigenvalue weighted by Crippen LogP contribution is 2.33. The highest BCUT2D eigenvalue weighted by atomic mass is 19.1. The molecule has 0 spiro atoms. The summed E-state index contributed by atoms with van der Waals surface area (Å²) in [5, 5.41) is 4.58. The van der Waals surface area contributed by atoms with Crippen LogP contribution in [0.15, 0.2) is 30.9 Å². The van der Waals surface area contributed by atoms with E-state index >= 15 is 0 Å². The number of primary amides is 1.